The average Bonchev–Trinajstić information content (AvgIpc) is 3.60. The molecule has 6 nitrogen and oxygen atoms in total. The van der Waals surface area contributed by atoms with E-state index in [9.17, 15) is 15.0 Å². The van der Waals surface area contributed by atoms with Gasteiger partial charge in [0, 0.05) is 23.6 Å². The Bertz CT molecular complexity index is 1050. The molecular formula is C32H48N2O4. The molecule has 1 unspecified atom stereocenters. The molecule has 0 aliphatic carbocycles. The lowest BCUT2D eigenvalue weighted by Gasteiger charge is -2.28. The summed E-state index contributed by atoms with van der Waals surface area (Å²) in [6.07, 6.45) is 25.3. The molecule has 6 heteroatoms. The molecule has 0 spiro atoms. The average molecular weight is 525 g/mol. The highest BCUT2D eigenvalue weighted by molar-refractivity contribution is 5.95. The number of rotatable bonds is 17. The number of aliphatic hydroxyl groups is 2. The van der Waals surface area contributed by atoms with E-state index >= 15 is 0 Å². The summed E-state index contributed by atoms with van der Waals surface area (Å²) in [6.45, 7) is 2.99. The molecule has 1 aliphatic rings. The molecule has 38 heavy (non-hydrogen) atoms. The first-order valence-corrected chi connectivity index (χ1v) is 14.7. The number of hydrogen-bond donors (Lipinski definition) is 3. The molecule has 0 amide bonds. The second-order valence-electron chi connectivity index (χ2n) is 10.5. The number of aromatic nitrogens is 1. The summed E-state index contributed by atoms with van der Waals surface area (Å²) in [6, 6.07) is 4.94. The molecule has 1 aromatic carbocycles. The van der Waals surface area contributed by atoms with Crippen LogP contribution in [0.2, 0.25) is 0 Å². The number of hydrogen-bond acceptors (Lipinski definition) is 5. The summed E-state index contributed by atoms with van der Waals surface area (Å²) in [5.74, 6) is -1.47. The Morgan fingerprint density at radius 3 is 2.45 bits per heavy atom. The second kappa shape index (κ2) is 15.9. The van der Waals surface area contributed by atoms with Crippen LogP contribution < -0.4 is 10.1 Å². The molecule has 1 aromatic heterocycles. The lowest BCUT2D eigenvalue weighted by molar-refractivity contribution is -0.188. The van der Waals surface area contributed by atoms with Gasteiger partial charge < -0.3 is 20.3 Å². The monoisotopic (exact) mass is 524 g/mol. The number of benzene rings is 1. The standard InChI is InChI=1S/C32H48N2O4/c1-3-4-5-6-7-8-9-10-11-12-13-14-15-16-17-20-31(35)34-25-28(32(36,37)30-19-18-23-33-30)27-24-26(38-2)21-22-29(27)34/h7-8,10-11,21-22,24-25,30,33,36-37H,3-6,9,12-20,23H2,1-2H3/b8-7-,11-10-. The van der Waals surface area contributed by atoms with Crippen molar-refractivity contribution in [1.82, 2.24) is 9.88 Å². The summed E-state index contributed by atoms with van der Waals surface area (Å²) < 4.78 is 6.95. The minimum Gasteiger partial charge on any atom is -0.497 e. The minimum absolute atomic E-state index is 0.0210. The van der Waals surface area contributed by atoms with Crippen LogP contribution in [-0.4, -0.2) is 40.4 Å². The third-order valence-corrected chi connectivity index (χ3v) is 7.56. The number of allylic oxidation sites excluding steroid dienone is 4. The number of ether oxygens (including phenoxy) is 1. The van der Waals surface area contributed by atoms with Crippen molar-refractivity contribution < 1.29 is 19.7 Å². The van der Waals surface area contributed by atoms with Gasteiger partial charge in [0.1, 0.15) is 5.75 Å². The van der Waals surface area contributed by atoms with Crippen LogP contribution in [0.4, 0.5) is 0 Å². The highest BCUT2D eigenvalue weighted by Gasteiger charge is 2.40. The van der Waals surface area contributed by atoms with Crippen LogP contribution in [0.3, 0.4) is 0 Å². The van der Waals surface area contributed by atoms with E-state index in [0.717, 1.165) is 45.1 Å². The van der Waals surface area contributed by atoms with Gasteiger partial charge in [-0.1, -0.05) is 63.3 Å². The van der Waals surface area contributed by atoms with Crippen LogP contribution in [0, 0.1) is 0 Å². The first kappa shape index (κ1) is 30.1. The van der Waals surface area contributed by atoms with Crippen LogP contribution in [0.25, 0.3) is 10.9 Å². The third kappa shape index (κ3) is 8.55. The maximum Gasteiger partial charge on any atom is 0.231 e. The largest absolute Gasteiger partial charge is 0.497 e. The summed E-state index contributed by atoms with van der Waals surface area (Å²) in [5.41, 5.74) is 1.03. The van der Waals surface area contributed by atoms with Crippen LogP contribution in [0.5, 0.6) is 5.75 Å². The van der Waals surface area contributed by atoms with Gasteiger partial charge in [-0.25, -0.2) is 0 Å². The molecule has 0 saturated carbocycles. The van der Waals surface area contributed by atoms with Crippen LogP contribution in [0.1, 0.15) is 107 Å². The molecule has 0 bridgehead atoms. The molecule has 2 heterocycles. The lowest BCUT2D eigenvalue weighted by atomic mass is 9.96. The van der Waals surface area contributed by atoms with Crippen molar-refractivity contribution in [2.75, 3.05) is 13.7 Å². The van der Waals surface area contributed by atoms with E-state index in [1.165, 1.54) is 38.5 Å². The number of nitrogens with zero attached hydrogens (tertiary/aromatic N) is 1. The zero-order valence-corrected chi connectivity index (χ0v) is 23.5. The number of carbonyl (C=O) groups is 1. The zero-order valence-electron chi connectivity index (χ0n) is 23.5. The SMILES string of the molecule is CCCCC/C=C\C/C=C\CCCCCCCC(=O)n1cc(C(O)(O)C2CCCN2)c2cc(OC)ccc21. The Kier molecular flexibility index (Phi) is 12.6. The Labute approximate surface area is 228 Å². The van der Waals surface area contributed by atoms with Gasteiger partial charge in [-0.05, 0) is 76.1 Å². The van der Waals surface area contributed by atoms with E-state index in [2.05, 4.69) is 36.5 Å². The van der Waals surface area contributed by atoms with Gasteiger partial charge in [-0.2, -0.15) is 0 Å². The van der Waals surface area contributed by atoms with Crippen LogP contribution in [0.15, 0.2) is 48.7 Å². The first-order chi connectivity index (χ1) is 18.5. The Morgan fingerprint density at radius 2 is 1.76 bits per heavy atom. The van der Waals surface area contributed by atoms with Crippen molar-refractivity contribution in [2.45, 2.75) is 109 Å². The fourth-order valence-electron chi connectivity index (χ4n) is 5.26. The van der Waals surface area contributed by atoms with Crippen LogP contribution >= 0.6 is 0 Å². The summed E-state index contributed by atoms with van der Waals surface area (Å²) >= 11 is 0. The molecule has 3 rings (SSSR count). The van der Waals surface area contributed by atoms with Gasteiger partial charge in [-0.3, -0.25) is 9.36 Å². The second-order valence-corrected chi connectivity index (χ2v) is 10.5. The van der Waals surface area contributed by atoms with Gasteiger partial charge in [0.2, 0.25) is 11.7 Å². The smallest absolute Gasteiger partial charge is 0.231 e. The fourth-order valence-corrected chi connectivity index (χ4v) is 5.26. The molecule has 1 saturated heterocycles. The number of methoxy groups -OCH3 is 1. The molecule has 1 atom stereocenters. The molecular weight excluding hydrogens is 476 g/mol. The Hall–Kier alpha value is -2.41. The van der Waals surface area contributed by atoms with Gasteiger partial charge in [0.25, 0.3) is 0 Å². The van der Waals surface area contributed by atoms with Gasteiger partial charge in [0.05, 0.1) is 18.7 Å². The first-order valence-electron chi connectivity index (χ1n) is 14.7. The van der Waals surface area contributed by atoms with Crippen molar-refractivity contribution in [3.8, 4) is 5.75 Å². The molecule has 3 N–H and O–H groups in total. The number of fused-ring (bicyclic) bond motifs is 1. The maximum absolute atomic E-state index is 13.1. The zero-order chi connectivity index (χ0) is 27.2. The predicted octanol–water partition coefficient (Wildman–Crippen LogP) is 6.99. The van der Waals surface area contributed by atoms with E-state index in [1.807, 2.05) is 6.07 Å². The maximum atomic E-state index is 13.1. The number of carbonyl (C=O) groups excluding carboxylic acids is 1. The predicted molar refractivity (Wildman–Crippen MR) is 156 cm³/mol. The highest BCUT2D eigenvalue weighted by Crippen LogP contribution is 2.36. The molecule has 1 aliphatic heterocycles. The minimum atomic E-state index is -2.06. The normalized spacial score (nSPS) is 16.4. The van der Waals surface area contributed by atoms with E-state index in [0.29, 0.717) is 35.1 Å². The number of nitrogens with one attached hydrogen (secondary N) is 1. The van der Waals surface area contributed by atoms with Crippen molar-refractivity contribution in [1.29, 1.82) is 0 Å². The molecule has 210 valence electrons. The molecule has 0 radical (unpaired) electrons. The number of unbranched alkanes of at least 4 members (excludes halogenated alkanes) is 8. The fraction of sp³-hybridized carbons (Fsp3) is 0.594. The topological polar surface area (TPSA) is 83.7 Å². The lowest BCUT2D eigenvalue weighted by Crippen LogP contribution is -2.45. The van der Waals surface area contributed by atoms with E-state index in [4.69, 9.17) is 4.74 Å². The van der Waals surface area contributed by atoms with Gasteiger partial charge in [-0.15, -0.1) is 0 Å². The van der Waals surface area contributed by atoms with Gasteiger partial charge in [0.15, 0.2) is 0 Å². The van der Waals surface area contributed by atoms with Crippen molar-refractivity contribution >= 4 is 16.8 Å². The summed E-state index contributed by atoms with van der Waals surface area (Å²) in [7, 11) is 1.58. The van der Waals surface area contributed by atoms with E-state index in [1.54, 1.807) is 30.0 Å². The van der Waals surface area contributed by atoms with E-state index < -0.39 is 11.8 Å². The molecule has 1 fully saturated rings. The summed E-state index contributed by atoms with van der Waals surface area (Å²) in [5, 5.41) is 26.0. The van der Waals surface area contributed by atoms with Crippen molar-refractivity contribution in [3.05, 3.63) is 54.3 Å². The third-order valence-electron chi connectivity index (χ3n) is 7.56. The Balaban J connectivity index is 1.44. The van der Waals surface area contributed by atoms with Crippen molar-refractivity contribution in [3.63, 3.8) is 0 Å². The van der Waals surface area contributed by atoms with E-state index in [-0.39, 0.29) is 5.91 Å². The van der Waals surface area contributed by atoms with Gasteiger partial charge >= 0.3 is 0 Å². The quantitative estimate of drug-likeness (QED) is 0.118. The Morgan fingerprint density at radius 1 is 1.05 bits per heavy atom. The van der Waals surface area contributed by atoms with Crippen molar-refractivity contribution in [2.24, 2.45) is 0 Å². The summed E-state index contributed by atoms with van der Waals surface area (Å²) in [4.78, 5) is 13.1. The molecule has 2 aromatic rings. The highest BCUT2D eigenvalue weighted by atomic mass is 16.5. The van der Waals surface area contributed by atoms with Crippen LogP contribution in [-0.2, 0) is 5.79 Å².